The minimum Gasteiger partial charge on any atom is -0.478 e. The lowest BCUT2D eigenvalue weighted by atomic mass is 10.0. The Morgan fingerprint density at radius 3 is 2.44 bits per heavy atom. The van der Waals surface area contributed by atoms with E-state index in [0.717, 1.165) is 16.5 Å². The number of carbonyl (C=O) groups excluding carboxylic acids is 1. The number of aromatic carboxylic acids is 1. The fourth-order valence-corrected chi connectivity index (χ4v) is 3.66. The summed E-state index contributed by atoms with van der Waals surface area (Å²) in [5.74, 6) is -2.21. The molecular weight excluding hydrogens is 341 g/mol. The summed E-state index contributed by atoms with van der Waals surface area (Å²) in [6.45, 7) is 1.80. The molecule has 1 aromatic heterocycles. The van der Waals surface area contributed by atoms with Crippen LogP contribution in [0.3, 0.4) is 0 Å². The van der Waals surface area contributed by atoms with Gasteiger partial charge in [-0.2, -0.15) is 0 Å². The molecule has 25 heavy (non-hydrogen) atoms. The molecule has 0 aliphatic rings. The number of rotatable bonds is 4. The molecule has 0 atom stereocenters. The lowest BCUT2D eigenvalue weighted by Gasteiger charge is -2.06. The summed E-state index contributed by atoms with van der Waals surface area (Å²) >= 11 is 1.18. The van der Waals surface area contributed by atoms with Crippen molar-refractivity contribution in [2.75, 3.05) is 5.32 Å². The zero-order chi connectivity index (χ0) is 18.0. The molecule has 0 bridgehead atoms. The third kappa shape index (κ3) is 3.44. The molecule has 1 amide bonds. The SMILES string of the molecule is Cc1sc(NC(=O)c2cccc(F)c2)c(C(=O)O)c1-c1ccccc1. The molecule has 0 aliphatic carbocycles. The standard InChI is InChI=1S/C19H14FNO3S/c1-11-15(12-6-3-2-4-7-12)16(19(23)24)18(25-11)21-17(22)13-8-5-9-14(20)10-13/h2-10H,1H3,(H,21,22)(H,23,24). The molecule has 0 unspecified atom stereocenters. The fraction of sp³-hybridized carbons (Fsp3) is 0.0526. The summed E-state index contributed by atoms with van der Waals surface area (Å²) in [6.07, 6.45) is 0. The Balaban J connectivity index is 2.03. The molecule has 0 saturated heterocycles. The van der Waals surface area contributed by atoms with Crippen molar-refractivity contribution in [2.24, 2.45) is 0 Å². The Morgan fingerprint density at radius 1 is 1.08 bits per heavy atom. The van der Waals surface area contributed by atoms with Crippen LogP contribution in [0.1, 0.15) is 25.6 Å². The molecule has 0 spiro atoms. The topological polar surface area (TPSA) is 66.4 Å². The average molecular weight is 355 g/mol. The lowest BCUT2D eigenvalue weighted by molar-refractivity contribution is 0.0699. The highest BCUT2D eigenvalue weighted by atomic mass is 32.1. The van der Waals surface area contributed by atoms with Crippen LogP contribution in [0.5, 0.6) is 0 Å². The maximum absolute atomic E-state index is 13.3. The van der Waals surface area contributed by atoms with Gasteiger partial charge in [-0.1, -0.05) is 36.4 Å². The highest BCUT2D eigenvalue weighted by molar-refractivity contribution is 7.17. The van der Waals surface area contributed by atoms with Crippen LogP contribution >= 0.6 is 11.3 Å². The summed E-state index contributed by atoms with van der Waals surface area (Å²) in [4.78, 5) is 24.9. The molecule has 3 aromatic rings. The second kappa shape index (κ2) is 6.86. The Labute approximate surface area is 147 Å². The number of nitrogens with one attached hydrogen (secondary N) is 1. The lowest BCUT2D eigenvalue weighted by Crippen LogP contribution is -2.13. The zero-order valence-electron chi connectivity index (χ0n) is 13.2. The predicted octanol–water partition coefficient (Wildman–Crippen LogP) is 4.81. The van der Waals surface area contributed by atoms with Gasteiger partial charge in [-0.25, -0.2) is 9.18 Å². The van der Waals surface area contributed by atoms with Crippen LogP contribution in [0.25, 0.3) is 11.1 Å². The maximum atomic E-state index is 13.3. The number of aryl methyl sites for hydroxylation is 1. The number of hydrogen-bond donors (Lipinski definition) is 2. The third-order valence-electron chi connectivity index (χ3n) is 3.67. The van der Waals surface area contributed by atoms with Crippen LogP contribution in [0.2, 0.25) is 0 Å². The number of carboxylic acid groups (broad SMARTS) is 1. The molecular formula is C19H14FNO3S. The molecule has 0 aliphatic heterocycles. The van der Waals surface area contributed by atoms with Gasteiger partial charge in [0.15, 0.2) is 0 Å². The van der Waals surface area contributed by atoms with Crippen molar-refractivity contribution < 1.29 is 19.1 Å². The van der Waals surface area contributed by atoms with Crippen molar-refractivity contribution in [1.82, 2.24) is 0 Å². The Bertz CT molecular complexity index is 951. The van der Waals surface area contributed by atoms with E-state index >= 15 is 0 Å². The summed E-state index contributed by atoms with van der Waals surface area (Å²) < 4.78 is 13.3. The zero-order valence-corrected chi connectivity index (χ0v) is 14.1. The quantitative estimate of drug-likeness (QED) is 0.705. The summed E-state index contributed by atoms with van der Waals surface area (Å²) in [7, 11) is 0. The van der Waals surface area contributed by atoms with Gasteiger partial charge in [0.2, 0.25) is 0 Å². The van der Waals surface area contributed by atoms with Crippen LogP contribution in [0.4, 0.5) is 9.39 Å². The van der Waals surface area contributed by atoms with E-state index in [-0.39, 0.29) is 16.1 Å². The van der Waals surface area contributed by atoms with Gasteiger partial charge in [0.1, 0.15) is 16.4 Å². The molecule has 2 N–H and O–H groups in total. The van der Waals surface area contributed by atoms with Crippen LogP contribution in [0, 0.1) is 12.7 Å². The van der Waals surface area contributed by atoms with E-state index in [2.05, 4.69) is 5.32 Å². The molecule has 126 valence electrons. The monoisotopic (exact) mass is 355 g/mol. The van der Waals surface area contributed by atoms with E-state index in [9.17, 15) is 19.1 Å². The predicted molar refractivity (Wildman–Crippen MR) is 95.8 cm³/mol. The van der Waals surface area contributed by atoms with E-state index in [4.69, 9.17) is 0 Å². The summed E-state index contributed by atoms with van der Waals surface area (Å²) in [5.41, 5.74) is 1.51. The van der Waals surface area contributed by atoms with Crippen molar-refractivity contribution in [3.8, 4) is 11.1 Å². The van der Waals surface area contributed by atoms with Crippen LogP contribution < -0.4 is 5.32 Å². The van der Waals surface area contributed by atoms with Crippen LogP contribution in [-0.4, -0.2) is 17.0 Å². The van der Waals surface area contributed by atoms with Crippen molar-refractivity contribution in [3.05, 3.63) is 76.4 Å². The number of carbonyl (C=O) groups is 2. The van der Waals surface area contributed by atoms with E-state index in [1.165, 1.54) is 29.5 Å². The molecule has 0 radical (unpaired) electrons. The van der Waals surface area contributed by atoms with Crippen molar-refractivity contribution in [3.63, 3.8) is 0 Å². The average Bonchev–Trinajstić information content (AvgIpc) is 2.91. The van der Waals surface area contributed by atoms with E-state index in [0.29, 0.717) is 5.56 Å². The molecule has 2 aromatic carbocycles. The molecule has 0 fully saturated rings. The Kier molecular flexibility index (Phi) is 4.63. The molecule has 3 rings (SSSR count). The number of anilines is 1. The second-order valence-corrected chi connectivity index (χ2v) is 6.60. The highest BCUT2D eigenvalue weighted by Gasteiger charge is 2.24. The van der Waals surface area contributed by atoms with Crippen molar-refractivity contribution in [1.29, 1.82) is 0 Å². The molecule has 0 saturated carbocycles. The van der Waals surface area contributed by atoms with Gasteiger partial charge in [0.05, 0.1) is 0 Å². The van der Waals surface area contributed by atoms with Gasteiger partial charge >= 0.3 is 5.97 Å². The Hall–Kier alpha value is -2.99. The van der Waals surface area contributed by atoms with E-state index < -0.39 is 17.7 Å². The number of amides is 1. The first kappa shape index (κ1) is 16.9. The van der Waals surface area contributed by atoms with Gasteiger partial charge in [-0.15, -0.1) is 11.3 Å². The maximum Gasteiger partial charge on any atom is 0.339 e. The number of halogens is 1. The van der Waals surface area contributed by atoms with E-state index in [1.54, 1.807) is 6.92 Å². The number of hydrogen-bond acceptors (Lipinski definition) is 3. The Morgan fingerprint density at radius 2 is 1.80 bits per heavy atom. The van der Waals surface area contributed by atoms with Crippen LogP contribution in [0.15, 0.2) is 54.6 Å². The first-order valence-electron chi connectivity index (χ1n) is 7.46. The normalized spacial score (nSPS) is 10.5. The van der Waals surface area contributed by atoms with Gasteiger partial charge in [-0.3, -0.25) is 4.79 Å². The van der Waals surface area contributed by atoms with Gasteiger partial charge in [0, 0.05) is 16.0 Å². The molecule has 4 nitrogen and oxygen atoms in total. The molecule has 6 heteroatoms. The molecule has 1 heterocycles. The first-order valence-corrected chi connectivity index (χ1v) is 8.28. The second-order valence-electron chi connectivity index (χ2n) is 5.37. The summed E-state index contributed by atoms with van der Waals surface area (Å²) in [6, 6.07) is 14.4. The van der Waals surface area contributed by atoms with Crippen molar-refractivity contribution >= 4 is 28.2 Å². The number of thiophene rings is 1. The third-order valence-corrected chi connectivity index (χ3v) is 4.70. The number of benzene rings is 2. The minimum absolute atomic E-state index is 0.0402. The van der Waals surface area contributed by atoms with Gasteiger partial charge in [0.25, 0.3) is 5.91 Å². The summed E-state index contributed by atoms with van der Waals surface area (Å²) in [5, 5.41) is 12.5. The van der Waals surface area contributed by atoms with Crippen LogP contribution in [-0.2, 0) is 0 Å². The van der Waals surface area contributed by atoms with Gasteiger partial charge in [-0.05, 0) is 30.7 Å². The number of carboxylic acids is 1. The smallest absolute Gasteiger partial charge is 0.339 e. The van der Waals surface area contributed by atoms with E-state index in [1.807, 2.05) is 30.3 Å². The fourth-order valence-electron chi connectivity index (χ4n) is 2.59. The minimum atomic E-state index is -1.13. The van der Waals surface area contributed by atoms with Gasteiger partial charge < -0.3 is 10.4 Å². The largest absolute Gasteiger partial charge is 0.478 e. The highest BCUT2D eigenvalue weighted by Crippen LogP contribution is 2.40. The van der Waals surface area contributed by atoms with Crippen molar-refractivity contribution in [2.45, 2.75) is 6.92 Å². The first-order chi connectivity index (χ1) is 12.0.